The molecule has 7 heteroatoms. The number of amides is 1. The van der Waals surface area contributed by atoms with Crippen LogP contribution in [0, 0.1) is 13.8 Å². The van der Waals surface area contributed by atoms with Crippen LogP contribution in [0.3, 0.4) is 0 Å². The molecular formula is C19H24N4O3. The number of nitrogens with one attached hydrogen (secondary N) is 2. The van der Waals surface area contributed by atoms with Gasteiger partial charge < -0.3 is 20.1 Å². The lowest BCUT2D eigenvalue weighted by Gasteiger charge is -2.26. The van der Waals surface area contributed by atoms with Crippen molar-refractivity contribution in [2.75, 3.05) is 25.0 Å². The van der Waals surface area contributed by atoms with E-state index in [0.717, 1.165) is 22.9 Å². The summed E-state index contributed by atoms with van der Waals surface area (Å²) in [6.45, 7) is 5.38. The van der Waals surface area contributed by atoms with Gasteiger partial charge in [-0.2, -0.15) is 0 Å². The molecule has 2 heterocycles. The molecule has 0 radical (unpaired) electrons. The zero-order valence-electron chi connectivity index (χ0n) is 15.1. The third-order valence-electron chi connectivity index (χ3n) is 3.94. The van der Waals surface area contributed by atoms with Gasteiger partial charge in [0.2, 0.25) is 11.9 Å². The van der Waals surface area contributed by atoms with E-state index in [9.17, 15) is 4.79 Å². The summed E-state index contributed by atoms with van der Waals surface area (Å²) in [6, 6.07) is 9.46. The Kier molecular flexibility index (Phi) is 5.88. The number of nitrogens with zero attached hydrogens (tertiary/aromatic N) is 2. The largest absolute Gasteiger partial charge is 0.486 e. The lowest BCUT2D eigenvalue weighted by Crippen LogP contribution is -2.40. The summed E-state index contributed by atoms with van der Waals surface area (Å²) in [6.07, 6.45) is 0.963. The summed E-state index contributed by atoms with van der Waals surface area (Å²) in [5.74, 6) is 2.07. The van der Waals surface area contributed by atoms with Crippen LogP contribution in [0.5, 0.6) is 11.5 Å². The molecule has 0 saturated carbocycles. The number of aryl methyl sites for hydroxylation is 2. The number of anilines is 1. The van der Waals surface area contributed by atoms with Gasteiger partial charge in [0.05, 0.1) is 6.54 Å². The highest BCUT2D eigenvalue weighted by Crippen LogP contribution is 2.30. The molecule has 2 N–H and O–H groups in total. The van der Waals surface area contributed by atoms with Crippen molar-refractivity contribution in [2.45, 2.75) is 32.8 Å². The third-order valence-corrected chi connectivity index (χ3v) is 3.94. The molecule has 0 bridgehead atoms. The van der Waals surface area contributed by atoms with Crippen LogP contribution >= 0.6 is 0 Å². The molecule has 1 amide bonds. The van der Waals surface area contributed by atoms with E-state index in [2.05, 4.69) is 20.6 Å². The molecule has 26 heavy (non-hydrogen) atoms. The monoisotopic (exact) mass is 356 g/mol. The Bertz CT molecular complexity index is 746. The van der Waals surface area contributed by atoms with E-state index >= 15 is 0 Å². The van der Waals surface area contributed by atoms with Crippen LogP contribution in [0.15, 0.2) is 30.3 Å². The number of aromatic nitrogens is 2. The number of rotatable bonds is 7. The number of carbonyl (C=O) groups excluding carboxylic acids is 1. The van der Waals surface area contributed by atoms with Gasteiger partial charge in [-0.1, -0.05) is 12.1 Å². The number of benzene rings is 1. The van der Waals surface area contributed by atoms with E-state index in [0.29, 0.717) is 38.5 Å². The Hall–Kier alpha value is -2.83. The molecule has 1 aliphatic rings. The maximum Gasteiger partial charge on any atom is 0.223 e. The topological polar surface area (TPSA) is 85.4 Å². The summed E-state index contributed by atoms with van der Waals surface area (Å²) in [7, 11) is 0. The highest BCUT2D eigenvalue weighted by Gasteiger charge is 2.20. The summed E-state index contributed by atoms with van der Waals surface area (Å²) in [5.41, 5.74) is 1.85. The van der Waals surface area contributed by atoms with E-state index in [-0.39, 0.29) is 12.0 Å². The minimum absolute atomic E-state index is 0.00407. The van der Waals surface area contributed by atoms with Crippen molar-refractivity contribution in [1.29, 1.82) is 0 Å². The van der Waals surface area contributed by atoms with E-state index < -0.39 is 0 Å². The predicted octanol–water partition coefficient (Wildman–Crippen LogP) is 2.24. The first kappa shape index (κ1) is 18.0. The minimum Gasteiger partial charge on any atom is -0.486 e. The molecule has 1 atom stereocenters. The van der Waals surface area contributed by atoms with Crippen molar-refractivity contribution in [3.63, 3.8) is 0 Å². The summed E-state index contributed by atoms with van der Waals surface area (Å²) >= 11 is 0. The first-order chi connectivity index (χ1) is 12.6. The van der Waals surface area contributed by atoms with Crippen molar-refractivity contribution in [1.82, 2.24) is 15.3 Å². The van der Waals surface area contributed by atoms with Crippen LogP contribution in [0.4, 0.5) is 5.95 Å². The maximum atomic E-state index is 12.0. The predicted molar refractivity (Wildman–Crippen MR) is 98.6 cm³/mol. The Morgan fingerprint density at radius 1 is 1.19 bits per heavy atom. The first-order valence-corrected chi connectivity index (χ1v) is 8.81. The fourth-order valence-electron chi connectivity index (χ4n) is 2.73. The van der Waals surface area contributed by atoms with Crippen LogP contribution < -0.4 is 20.1 Å². The van der Waals surface area contributed by atoms with Gasteiger partial charge in [0.25, 0.3) is 0 Å². The van der Waals surface area contributed by atoms with Crippen LogP contribution in [0.25, 0.3) is 0 Å². The fraction of sp³-hybridized carbons (Fsp3) is 0.421. The molecule has 1 unspecified atom stereocenters. The number of ether oxygens (including phenoxy) is 2. The quantitative estimate of drug-likeness (QED) is 0.740. The summed E-state index contributed by atoms with van der Waals surface area (Å²) < 4.78 is 11.5. The molecule has 0 spiro atoms. The van der Waals surface area contributed by atoms with Crippen molar-refractivity contribution >= 4 is 11.9 Å². The second-order valence-electron chi connectivity index (χ2n) is 6.31. The maximum absolute atomic E-state index is 12.0. The average molecular weight is 356 g/mol. The fourth-order valence-corrected chi connectivity index (χ4v) is 2.73. The highest BCUT2D eigenvalue weighted by atomic mass is 16.6. The van der Waals surface area contributed by atoms with Crippen LogP contribution in [0.2, 0.25) is 0 Å². The lowest BCUT2D eigenvalue weighted by atomic mass is 10.2. The second kappa shape index (κ2) is 8.51. The van der Waals surface area contributed by atoms with Gasteiger partial charge in [-0.25, -0.2) is 9.97 Å². The van der Waals surface area contributed by atoms with Crippen molar-refractivity contribution in [3.8, 4) is 11.5 Å². The van der Waals surface area contributed by atoms with Crippen molar-refractivity contribution < 1.29 is 14.3 Å². The minimum atomic E-state index is -0.171. The van der Waals surface area contributed by atoms with E-state index in [1.165, 1.54) is 0 Å². The average Bonchev–Trinajstić information content (AvgIpc) is 2.62. The van der Waals surface area contributed by atoms with Crippen molar-refractivity contribution in [2.24, 2.45) is 0 Å². The highest BCUT2D eigenvalue weighted by molar-refractivity contribution is 5.75. The van der Waals surface area contributed by atoms with E-state index in [1.54, 1.807) is 0 Å². The number of fused-ring (bicyclic) bond motifs is 1. The molecule has 2 aromatic rings. The van der Waals surface area contributed by atoms with Crippen molar-refractivity contribution in [3.05, 3.63) is 41.7 Å². The van der Waals surface area contributed by atoms with Gasteiger partial charge in [0, 0.05) is 24.4 Å². The summed E-state index contributed by atoms with van der Waals surface area (Å²) in [5, 5.41) is 6.05. The van der Waals surface area contributed by atoms with Gasteiger partial charge in [-0.15, -0.1) is 0 Å². The van der Waals surface area contributed by atoms with Crippen LogP contribution in [-0.4, -0.2) is 41.7 Å². The Balaban J connectivity index is 1.33. The zero-order valence-corrected chi connectivity index (χ0v) is 15.1. The molecule has 7 nitrogen and oxygen atoms in total. The Morgan fingerprint density at radius 3 is 2.69 bits per heavy atom. The lowest BCUT2D eigenvalue weighted by molar-refractivity contribution is -0.121. The van der Waals surface area contributed by atoms with Crippen LogP contribution in [-0.2, 0) is 4.79 Å². The van der Waals surface area contributed by atoms with E-state index in [1.807, 2.05) is 44.2 Å². The molecular weight excluding hydrogens is 332 g/mol. The van der Waals surface area contributed by atoms with Gasteiger partial charge in [0.15, 0.2) is 11.5 Å². The van der Waals surface area contributed by atoms with Gasteiger partial charge in [-0.3, -0.25) is 4.79 Å². The normalized spacial score (nSPS) is 15.4. The summed E-state index contributed by atoms with van der Waals surface area (Å²) in [4.78, 5) is 20.6. The Morgan fingerprint density at radius 2 is 1.92 bits per heavy atom. The number of hydrogen-bond acceptors (Lipinski definition) is 6. The zero-order chi connectivity index (χ0) is 18.4. The Labute approximate surface area is 153 Å². The van der Waals surface area contributed by atoms with Gasteiger partial charge in [-0.05, 0) is 38.5 Å². The van der Waals surface area contributed by atoms with Gasteiger partial charge in [0.1, 0.15) is 12.7 Å². The van der Waals surface area contributed by atoms with E-state index in [4.69, 9.17) is 9.47 Å². The molecule has 1 aromatic carbocycles. The number of para-hydroxylation sites is 2. The molecule has 0 aliphatic carbocycles. The third kappa shape index (κ3) is 5.08. The first-order valence-electron chi connectivity index (χ1n) is 8.81. The van der Waals surface area contributed by atoms with Gasteiger partial charge >= 0.3 is 0 Å². The molecule has 0 fully saturated rings. The van der Waals surface area contributed by atoms with Crippen LogP contribution in [0.1, 0.15) is 24.2 Å². The molecule has 1 aromatic heterocycles. The molecule has 138 valence electrons. The number of carbonyl (C=O) groups is 1. The smallest absolute Gasteiger partial charge is 0.223 e. The molecule has 0 saturated heterocycles. The number of hydrogen-bond donors (Lipinski definition) is 2. The molecule has 3 rings (SSSR count). The molecule has 1 aliphatic heterocycles. The second-order valence-corrected chi connectivity index (χ2v) is 6.31. The SMILES string of the molecule is Cc1cc(C)nc(NCCCC(=O)NCC2COc3ccccc3O2)n1. The standard InChI is InChI=1S/C19H24N4O3/c1-13-10-14(2)23-19(22-13)20-9-5-8-18(24)21-11-15-12-25-16-6-3-4-7-17(16)26-15/h3-4,6-7,10,15H,5,8-9,11-12H2,1-2H3,(H,21,24)(H,20,22,23).